The minimum atomic E-state index is -0.289. The quantitative estimate of drug-likeness (QED) is 0.571. The number of hydrogen-bond acceptors (Lipinski definition) is 1. The van der Waals surface area contributed by atoms with Gasteiger partial charge in [-0.25, -0.2) is 4.39 Å². The monoisotopic (exact) mass is 345 g/mol. The topological polar surface area (TPSA) is 20.3 Å². The van der Waals surface area contributed by atoms with Crippen LogP contribution in [0.4, 0.5) is 4.39 Å². The van der Waals surface area contributed by atoms with Crippen LogP contribution < -0.4 is 0 Å². The van der Waals surface area contributed by atoms with Gasteiger partial charge in [0.1, 0.15) is 5.82 Å². The molecule has 3 rings (SSSR count). The van der Waals surface area contributed by atoms with Crippen LogP contribution in [-0.2, 0) is 17.9 Å². The van der Waals surface area contributed by atoms with E-state index in [-0.39, 0.29) is 11.7 Å². The lowest BCUT2D eigenvalue weighted by molar-refractivity contribution is -0.127. The summed E-state index contributed by atoms with van der Waals surface area (Å²) in [5, 5.41) is 0. The highest BCUT2D eigenvalue weighted by Gasteiger charge is 2.12. The highest BCUT2D eigenvalue weighted by molar-refractivity contribution is 5.91. The third-order valence-corrected chi connectivity index (χ3v) is 4.03. The average Bonchev–Trinajstić information content (AvgIpc) is 2.68. The van der Waals surface area contributed by atoms with E-state index in [1.54, 1.807) is 29.2 Å². The van der Waals surface area contributed by atoms with Gasteiger partial charge in [-0.3, -0.25) is 4.79 Å². The summed E-state index contributed by atoms with van der Waals surface area (Å²) in [4.78, 5) is 14.6. The Labute approximate surface area is 153 Å². The zero-order chi connectivity index (χ0) is 18.2. The van der Waals surface area contributed by atoms with Crippen LogP contribution >= 0.6 is 0 Å². The molecule has 0 aliphatic heterocycles. The lowest BCUT2D eigenvalue weighted by Crippen LogP contribution is -2.28. The van der Waals surface area contributed by atoms with Gasteiger partial charge in [-0.1, -0.05) is 72.8 Å². The van der Waals surface area contributed by atoms with Crippen LogP contribution in [0.25, 0.3) is 6.08 Å². The van der Waals surface area contributed by atoms with Gasteiger partial charge in [0.15, 0.2) is 0 Å². The zero-order valence-electron chi connectivity index (χ0n) is 14.4. The number of carbonyl (C=O) groups is 1. The van der Waals surface area contributed by atoms with E-state index in [2.05, 4.69) is 0 Å². The first kappa shape index (κ1) is 17.6. The number of hydrogen-bond donors (Lipinski definition) is 0. The van der Waals surface area contributed by atoms with Crippen LogP contribution in [0, 0.1) is 5.82 Å². The van der Waals surface area contributed by atoms with Crippen LogP contribution in [0.1, 0.15) is 16.7 Å². The molecular weight excluding hydrogens is 325 g/mol. The minimum absolute atomic E-state index is 0.0815. The number of rotatable bonds is 6. The molecule has 26 heavy (non-hydrogen) atoms. The standard InChI is InChI=1S/C23H20FNO/c24-22-14-11-19(12-15-22)13-16-23(26)25(17-20-7-3-1-4-8-20)18-21-9-5-2-6-10-21/h1-16H,17-18H2. The Morgan fingerprint density at radius 1 is 0.769 bits per heavy atom. The molecule has 0 atom stereocenters. The van der Waals surface area contributed by atoms with Gasteiger partial charge in [0, 0.05) is 19.2 Å². The Morgan fingerprint density at radius 3 is 1.77 bits per heavy atom. The molecule has 0 aliphatic rings. The first-order valence-electron chi connectivity index (χ1n) is 8.51. The van der Waals surface area contributed by atoms with E-state index in [1.165, 1.54) is 12.1 Å². The molecule has 3 aromatic rings. The van der Waals surface area contributed by atoms with Crippen molar-refractivity contribution in [3.05, 3.63) is 114 Å². The van der Waals surface area contributed by atoms with Gasteiger partial charge in [-0.15, -0.1) is 0 Å². The van der Waals surface area contributed by atoms with E-state index >= 15 is 0 Å². The van der Waals surface area contributed by atoms with Crippen LogP contribution in [0.2, 0.25) is 0 Å². The second-order valence-electron chi connectivity index (χ2n) is 6.05. The molecule has 0 saturated carbocycles. The molecule has 0 N–H and O–H groups in total. The number of carbonyl (C=O) groups excluding carboxylic acids is 1. The van der Waals surface area contributed by atoms with Crippen LogP contribution in [0.5, 0.6) is 0 Å². The summed E-state index contributed by atoms with van der Waals surface area (Å²) in [6.07, 6.45) is 3.25. The maximum Gasteiger partial charge on any atom is 0.247 e. The average molecular weight is 345 g/mol. The third-order valence-electron chi connectivity index (χ3n) is 4.03. The maximum atomic E-state index is 13.0. The molecule has 0 radical (unpaired) electrons. The van der Waals surface area contributed by atoms with E-state index in [4.69, 9.17) is 0 Å². The fourth-order valence-electron chi connectivity index (χ4n) is 2.67. The highest BCUT2D eigenvalue weighted by Crippen LogP contribution is 2.12. The second-order valence-corrected chi connectivity index (χ2v) is 6.05. The van der Waals surface area contributed by atoms with Gasteiger partial charge < -0.3 is 4.90 Å². The Bertz CT molecular complexity index is 816. The smallest absolute Gasteiger partial charge is 0.247 e. The summed E-state index contributed by atoms with van der Waals surface area (Å²) >= 11 is 0. The number of amides is 1. The molecule has 0 spiro atoms. The molecule has 3 aromatic carbocycles. The summed E-state index contributed by atoms with van der Waals surface area (Å²) < 4.78 is 13.0. The molecule has 0 aliphatic carbocycles. The first-order chi connectivity index (χ1) is 12.7. The van der Waals surface area contributed by atoms with E-state index in [0.29, 0.717) is 13.1 Å². The molecule has 0 fully saturated rings. The van der Waals surface area contributed by atoms with Gasteiger partial charge in [0.05, 0.1) is 0 Å². The van der Waals surface area contributed by atoms with Crippen molar-refractivity contribution in [2.24, 2.45) is 0 Å². The molecule has 3 heteroatoms. The Kier molecular flexibility index (Phi) is 5.94. The summed E-state index contributed by atoms with van der Waals surface area (Å²) in [6.45, 7) is 1.06. The molecule has 1 amide bonds. The zero-order valence-corrected chi connectivity index (χ0v) is 14.4. The van der Waals surface area contributed by atoms with Crippen LogP contribution in [0.3, 0.4) is 0 Å². The second kappa shape index (κ2) is 8.77. The lowest BCUT2D eigenvalue weighted by Gasteiger charge is -2.21. The Hall–Kier alpha value is -3.20. The summed E-state index contributed by atoms with van der Waals surface area (Å²) in [5.74, 6) is -0.370. The van der Waals surface area contributed by atoms with E-state index in [0.717, 1.165) is 16.7 Å². The summed E-state index contributed by atoms with van der Waals surface area (Å²) in [5.41, 5.74) is 2.94. The van der Waals surface area contributed by atoms with Crippen molar-refractivity contribution in [2.45, 2.75) is 13.1 Å². The predicted molar refractivity (Wildman–Crippen MR) is 103 cm³/mol. The SMILES string of the molecule is O=C(C=Cc1ccc(F)cc1)N(Cc1ccccc1)Cc1ccccc1. The molecule has 0 aromatic heterocycles. The highest BCUT2D eigenvalue weighted by atomic mass is 19.1. The molecule has 0 bridgehead atoms. The van der Waals surface area contributed by atoms with Crippen molar-refractivity contribution < 1.29 is 9.18 Å². The molecule has 0 unspecified atom stereocenters. The normalized spacial score (nSPS) is 10.8. The van der Waals surface area contributed by atoms with E-state index < -0.39 is 0 Å². The number of benzene rings is 3. The van der Waals surface area contributed by atoms with E-state index in [1.807, 2.05) is 60.7 Å². The van der Waals surface area contributed by atoms with Crippen LogP contribution in [-0.4, -0.2) is 10.8 Å². The van der Waals surface area contributed by atoms with Crippen LogP contribution in [0.15, 0.2) is 91.0 Å². The molecule has 0 saturated heterocycles. The predicted octanol–water partition coefficient (Wildman–Crippen LogP) is 5.07. The van der Waals surface area contributed by atoms with Crippen molar-refractivity contribution in [3.8, 4) is 0 Å². The maximum absolute atomic E-state index is 13.0. The Morgan fingerprint density at radius 2 is 1.27 bits per heavy atom. The summed E-state index contributed by atoms with van der Waals surface area (Å²) in [7, 11) is 0. The van der Waals surface area contributed by atoms with Gasteiger partial charge in [0.25, 0.3) is 0 Å². The molecule has 130 valence electrons. The lowest BCUT2D eigenvalue weighted by atomic mass is 10.1. The number of halogens is 1. The fourth-order valence-corrected chi connectivity index (χ4v) is 2.67. The summed E-state index contributed by atoms with van der Waals surface area (Å²) in [6, 6.07) is 25.9. The molecule has 2 nitrogen and oxygen atoms in total. The van der Waals surface area contributed by atoms with E-state index in [9.17, 15) is 9.18 Å². The van der Waals surface area contributed by atoms with Crippen molar-refractivity contribution in [2.75, 3.05) is 0 Å². The first-order valence-corrected chi connectivity index (χ1v) is 8.51. The minimum Gasteiger partial charge on any atom is -0.331 e. The van der Waals surface area contributed by atoms with Gasteiger partial charge >= 0.3 is 0 Å². The van der Waals surface area contributed by atoms with Gasteiger partial charge in [-0.2, -0.15) is 0 Å². The Balaban J connectivity index is 1.76. The fraction of sp³-hybridized carbons (Fsp3) is 0.0870. The van der Waals surface area contributed by atoms with Gasteiger partial charge in [0.2, 0.25) is 5.91 Å². The van der Waals surface area contributed by atoms with Gasteiger partial charge in [-0.05, 0) is 34.9 Å². The van der Waals surface area contributed by atoms with Crippen molar-refractivity contribution in [3.63, 3.8) is 0 Å². The van der Waals surface area contributed by atoms with Crippen molar-refractivity contribution >= 4 is 12.0 Å². The number of nitrogens with zero attached hydrogens (tertiary/aromatic N) is 1. The third kappa shape index (κ3) is 5.15. The molecular formula is C23H20FNO. The molecule has 0 heterocycles. The largest absolute Gasteiger partial charge is 0.331 e. The van der Waals surface area contributed by atoms with Crippen molar-refractivity contribution in [1.29, 1.82) is 0 Å². The van der Waals surface area contributed by atoms with Crippen molar-refractivity contribution in [1.82, 2.24) is 4.90 Å².